The summed E-state index contributed by atoms with van der Waals surface area (Å²) in [6, 6.07) is 21.6. The molecule has 8 heteroatoms. The normalized spacial score (nSPS) is 11.4. The molecule has 0 aliphatic rings. The van der Waals surface area contributed by atoms with Gasteiger partial charge in [-0.3, -0.25) is 0 Å². The first-order chi connectivity index (χ1) is 14.0. The molecule has 4 rings (SSSR count). The molecular weight excluding hydrogens is 388 g/mol. The zero-order valence-electron chi connectivity index (χ0n) is 15.5. The van der Waals surface area contributed by atoms with Gasteiger partial charge in [-0.2, -0.15) is 0 Å². The largest absolute Gasteiger partial charge is 0.496 e. The van der Waals surface area contributed by atoms with Crippen LogP contribution in [0.15, 0.2) is 77.7 Å². The number of anilines is 2. The molecule has 0 amide bonds. The third kappa shape index (κ3) is 3.75. The van der Waals surface area contributed by atoms with Crippen molar-refractivity contribution in [3.8, 4) is 17.0 Å². The van der Waals surface area contributed by atoms with Crippen molar-refractivity contribution in [3.63, 3.8) is 0 Å². The fourth-order valence-corrected chi connectivity index (χ4v) is 3.68. The highest BCUT2D eigenvalue weighted by Gasteiger charge is 2.15. The summed E-state index contributed by atoms with van der Waals surface area (Å²) in [7, 11) is -2.19. The van der Waals surface area contributed by atoms with Gasteiger partial charge in [0.25, 0.3) is 0 Å². The van der Waals surface area contributed by atoms with E-state index in [-0.39, 0.29) is 4.90 Å². The number of nitrogens with two attached hydrogens (primary N) is 1. The van der Waals surface area contributed by atoms with E-state index in [2.05, 4.69) is 15.5 Å². The molecule has 29 heavy (non-hydrogen) atoms. The quantitative estimate of drug-likeness (QED) is 0.523. The van der Waals surface area contributed by atoms with Crippen molar-refractivity contribution < 1.29 is 13.2 Å². The van der Waals surface area contributed by atoms with Crippen LogP contribution in [0.4, 0.5) is 11.5 Å². The number of rotatable bonds is 5. The first-order valence-corrected chi connectivity index (χ1v) is 10.3. The number of nitrogens with zero attached hydrogens (tertiary/aromatic N) is 2. The standard InChI is InChI=1S/C21H18N4O3S/c1-28-19-12-5-4-11-18(19)20-16-9-2-3-10-17(16)21(25-24-20)23-14-7-6-8-15(13-14)29(22,26)27/h2-13H,1H3,(H,23,25)(H2,22,26,27). The number of aromatic nitrogens is 2. The second-order valence-corrected chi connectivity index (χ2v) is 7.90. The van der Waals surface area contributed by atoms with Crippen LogP contribution in [0.25, 0.3) is 22.0 Å². The lowest BCUT2D eigenvalue weighted by Crippen LogP contribution is -2.12. The van der Waals surface area contributed by atoms with Crippen LogP contribution < -0.4 is 15.2 Å². The summed E-state index contributed by atoms with van der Waals surface area (Å²) in [6.07, 6.45) is 0. The number of para-hydroxylation sites is 1. The van der Waals surface area contributed by atoms with Crippen molar-refractivity contribution in [2.45, 2.75) is 4.90 Å². The Labute approximate surface area is 168 Å². The Balaban J connectivity index is 1.83. The molecule has 0 fully saturated rings. The predicted molar refractivity (Wildman–Crippen MR) is 113 cm³/mol. The van der Waals surface area contributed by atoms with Crippen LogP contribution in [0.1, 0.15) is 0 Å². The minimum Gasteiger partial charge on any atom is -0.496 e. The van der Waals surface area contributed by atoms with Gasteiger partial charge in [-0.05, 0) is 30.3 Å². The minimum atomic E-state index is -3.80. The molecule has 1 heterocycles. The summed E-state index contributed by atoms with van der Waals surface area (Å²) >= 11 is 0. The molecular formula is C21H18N4O3S. The second-order valence-electron chi connectivity index (χ2n) is 6.34. The van der Waals surface area contributed by atoms with Gasteiger partial charge in [-0.15, -0.1) is 10.2 Å². The molecule has 0 aliphatic heterocycles. The molecule has 146 valence electrons. The Bertz CT molecular complexity index is 1310. The molecule has 0 saturated heterocycles. The van der Waals surface area contributed by atoms with Crippen molar-refractivity contribution >= 4 is 32.3 Å². The number of fused-ring (bicyclic) bond motifs is 1. The van der Waals surface area contributed by atoms with Crippen molar-refractivity contribution in [1.82, 2.24) is 10.2 Å². The minimum absolute atomic E-state index is 0.0189. The summed E-state index contributed by atoms with van der Waals surface area (Å²) in [6.45, 7) is 0. The van der Waals surface area contributed by atoms with Crippen LogP contribution in [-0.2, 0) is 10.0 Å². The van der Waals surface area contributed by atoms with Crippen LogP contribution in [0.5, 0.6) is 5.75 Å². The Morgan fingerprint density at radius 3 is 2.38 bits per heavy atom. The summed E-state index contributed by atoms with van der Waals surface area (Å²) in [5.41, 5.74) is 2.07. The van der Waals surface area contributed by atoms with Crippen LogP contribution in [-0.4, -0.2) is 25.7 Å². The molecule has 0 bridgehead atoms. The second kappa shape index (κ2) is 7.50. The highest BCUT2D eigenvalue weighted by molar-refractivity contribution is 7.89. The van der Waals surface area contributed by atoms with Gasteiger partial charge >= 0.3 is 0 Å². The number of ether oxygens (including phenoxy) is 1. The van der Waals surface area contributed by atoms with Gasteiger partial charge in [0.2, 0.25) is 10.0 Å². The van der Waals surface area contributed by atoms with E-state index in [0.717, 1.165) is 16.3 Å². The topological polar surface area (TPSA) is 107 Å². The Morgan fingerprint density at radius 1 is 0.897 bits per heavy atom. The number of hydrogen-bond donors (Lipinski definition) is 2. The maximum absolute atomic E-state index is 11.6. The maximum atomic E-state index is 11.6. The van der Waals surface area contributed by atoms with E-state index in [1.807, 2.05) is 48.5 Å². The molecule has 0 saturated carbocycles. The van der Waals surface area contributed by atoms with E-state index in [1.54, 1.807) is 19.2 Å². The fraction of sp³-hybridized carbons (Fsp3) is 0.0476. The van der Waals surface area contributed by atoms with Crippen molar-refractivity contribution in [3.05, 3.63) is 72.8 Å². The zero-order valence-corrected chi connectivity index (χ0v) is 16.3. The number of nitrogens with one attached hydrogen (secondary N) is 1. The highest BCUT2D eigenvalue weighted by Crippen LogP contribution is 2.35. The molecule has 0 spiro atoms. The third-order valence-corrected chi connectivity index (χ3v) is 5.39. The SMILES string of the molecule is COc1ccccc1-c1nnc(Nc2cccc(S(N)(=O)=O)c2)c2ccccc12. The Morgan fingerprint density at radius 2 is 1.62 bits per heavy atom. The average Bonchev–Trinajstić information content (AvgIpc) is 2.74. The first-order valence-electron chi connectivity index (χ1n) is 8.76. The van der Waals surface area contributed by atoms with Crippen LogP contribution in [0.3, 0.4) is 0 Å². The molecule has 7 nitrogen and oxygen atoms in total. The van der Waals surface area contributed by atoms with E-state index in [0.29, 0.717) is 22.9 Å². The summed E-state index contributed by atoms with van der Waals surface area (Å²) in [5.74, 6) is 1.21. The molecule has 3 N–H and O–H groups in total. The van der Waals surface area contributed by atoms with E-state index in [4.69, 9.17) is 9.88 Å². The Hall–Kier alpha value is -3.49. The van der Waals surface area contributed by atoms with Gasteiger partial charge in [-0.1, -0.05) is 42.5 Å². The van der Waals surface area contributed by atoms with Gasteiger partial charge in [0.05, 0.1) is 12.0 Å². The molecule has 1 aromatic heterocycles. The van der Waals surface area contributed by atoms with Gasteiger partial charge in [0, 0.05) is 22.0 Å². The predicted octanol–water partition coefficient (Wildman–Crippen LogP) is 3.70. The van der Waals surface area contributed by atoms with Crippen LogP contribution in [0.2, 0.25) is 0 Å². The number of sulfonamides is 1. The van der Waals surface area contributed by atoms with Crippen molar-refractivity contribution in [1.29, 1.82) is 0 Å². The summed E-state index contributed by atoms with van der Waals surface area (Å²) in [4.78, 5) is 0.0189. The molecule has 0 atom stereocenters. The summed E-state index contributed by atoms with van der Waals surface area (Å²) < 4.78 is 28.7. The summed E-state index contributed by atoms with van der Waals surface area (Å²) in [5, 5.41) is 18.9. The van der Waals surface area contributed by atoms with Crippen molar-refractivity contribution in [2.24, 2.45) is 5.14 Å². The lowest BCUT2D eigenvalue weighted by atomic mass is 10.0. The smallest absolute Gasteiger partial charge is 0.238 e. The monoisotopic (exact) mass is 406 g/mol. The average molecular weight is 406 g/mol. The number of primary sulfonamides is 1. The van der Waals surface area contributed by atoms with Gasteiger partial charge in [0.15, 0.2) is 5.82 Å². The first kappa shape index (κ1) is 18.9. The van der Waals surface area contributed by atoms with Gasteiger partial charge in [0.1, 0.15) is 11.4 Å². The highest BCUT2D eigenvalue weighted by atomic mass is 32.2. The molecule has 0 radical (unpaired) electrons. The number of methoxy groups -OCH3 is 1. The van der Waals surface area contributed by atoms with Gasteiger partial charge < -0.3 is 10.1 Å². The molecule has 0 aliphatic carbocycles. The lowest BCUT2D eigenvalue weighted by Gasteiger charge is -2.13. The number of benzene rings is 3. The third-order valence-electron chi connectivity index (χ3n) is 4.47. The molecule has 3 aromatic carbocycles. The van der Waals surface area contributed by atoms with E-state index in [9.17, 15) is 8.42 Å². The fourth-order valence-electron chi connectivity index (χ4n) is 3.12. The van der Waals surface area contributed by atoms with Crippen LogP contribution in [0, 0.1) is 0 Å². The zero-order chi connectivity index (χ0) is 20.4. The van der Waals surface area contributed by atoms with E-state index in [1.165, 1.54) is 12.1 Å². The maximum Gasteiger partial charge on any atom is 0.238 e. The molecule has 4 aromatic rings. The van der Waals surface area contributed by atoms with Crippen molar-refractivity contribution in [2.75, 3.05) is 12.4 Å². The van der Waals surface area contributed by atoms with E-state index < -0.39 is 10.0 Å². The lowest BCUT2D eigenvalue weighted by molar-refractivity contribution is 0.416. The Kier molecular flexibility index (Phi) is 4.87. The van der Waals surface area contributed by atoms with E-state index >= 15 is 0 Å². The number of hydrogen-bond acceptors (Lipinski definition) is 6. The van der Waals surface area contributed by atoms with Gasteiger partial charge in [-0.25, -0.2) is 13.6 Å². The molecule has 0 unspecified atom stereocenters. The van der Waals surface area contributed by atoms with Crippen LogP contribution >= 0.6 is 0 Å².